The van der Waals surface area contributed by atoms with Crippen molar-refractivity contribution in [1.29, 1.82) is 0 Å². The maximum Gasteiger partial charge on any atom is 0.0707 e. The third-order valence-corrected chi connectivity index (χ3v) is 2.22. The number of aromatic amines is 1. The molecule has 1 aromatic carbocycles. The highest BCUT2D eigenvalue weighted by Gasteiger charge is 1.99. The fourth-order valence-electron chi connectivity index (χ4n) is 1.50. The number of H-pyrrole nitrogens is 1. The Labute approximate surface area is 88.5 Å². The normalized spacial score (nSPS) is 13.7. The van der Waals surface area contributed by atoms with Gasteiger partial charge in [0.05, 0.1) is 12.6 Å². The summed E-state index contributed by atoms with van der Waals surface area (Å²) in [5.41, 5.74) is 2.17. The fraction of sp³-hybridized carbons (Fsp3) is 0.250. The third-order valence-electron chi connectivity index (χ3n) is 2.22. The molecule has 1 unspecified atom stereocenters. The Kier molecular flexibility index (Phi) is 2.83. The highest BCUT2D eigenvalue weighted by molar-refractivity contribution is 5.98. The van der Waals surface area contributed by atoms with Crippen LogP contribution >= 0.6 is 0 Å². The lowest BCUT2D eigenvalue weighted by molar-refractivity contribution is 0.204. The van der Waals surface area contributed by atoms with Crippen LogP contribution in [0.15, 0.2) is 35.5 Å². The number of aliphatic imine (C=N–C) groups is 1. The van der Waals surface area contributed by atoms with Gasteiger partial charge in [-0.15, -0.1) is 0 Å². The van der Waals surface area contributed by atoms with E-state index in [0.29, 0.717) is 6.54 Å². The Morgan fingerprint density at radius 2 is 2.27 bits per heavy atom. The molecule has 1 atom stereocenters. The van der Waals surface area contributed by atoms with Crippen LogP contribution in [-0.2, 0) is 0 Å². The summed E-state index contributed by atoms with van der Waals surface area (Å²) in [5.74, 6) is 0. The second-order valence-electron chi connectivity index (χ2n) is 3.63. The summed E-state index contributed by atoms with van der Waals surface area (Å²) >= 11 is 0. The van der Waals surface area contributed by atoms with Gasteiger partial charge in [-0.2, -0.15) is 0 Å². The summed E-state index contributed by atoms with van der Waals surface area (Å²) < 4.78 is 0. The number of aliphatic hydroxyl groups is 1. The minimum absolute atomic E-state index is 0.383. The zero-order valence-corrected chi connectivity index (χ0v) is 8.64. The Bertz CT molecular complexity index is 471. The van der Waals surface area contributed by atoms with E-state index in [0.717, 1.165) is 16.5 Å². The van der Waals surface area contributed by atoms with Gasteiger partial charge in [-0.3, -0.25) is 4.99 Å². The molecule has 78 valence electrons. The van der Waals surface area contributed by atoms with Crippen molar-refractivity contribution in [2.24, 2.45) is 4.99 Å². The Balaban J connectivity index is 2.25. The summed E-state index contributed by atoms with van der Waals surface area (Å²) in [4.78, 5) is 7.34. The molecular formula is C12H14N2O. The van der Waals surface area contributed by atoms with Gasteiger partial charge < -0.3 is 10.1 Å². The summed E-state index contributed by atoms with van der Waals surface area (Å²) in [5, 5.41) is 10.2. The van der Waals surface area contributed by atoms with E-state index in [1.807, 2.05) is 24.4 Å². The third kappa shape index (κ3) is 2.25. The first-order chi connectivity index (χ1) is 7.27. The molecule has 0 radical (unpaired) electrons. The minimum Gasteiger partial charge on any atom is -0.391 e. The monoisotopic (exact) mass is 202 g/mol. The minimum atomic E-state index is -0.383. The van der Waals surface area contributed by atoms with E-state index in [9.17, 15) is 0 Å². The first-order valence-corrected chi connectivity index (χ1v) is 5.01. The predicted molar refractivity (Wildman–Crippen MR) is 62.4 cm³/mol. The molecule has 1 heterocycles. The molecule has 0 saturated carbocycles. The highest BCUT2D eigenvalue weighted by atomic mass is 16.3. The van der Waals surface area contributed by atoms with Crippen LogP contribution in [0.25, 0.3) is 10.9 Å². The van der Waals surface area contributed by atoms with Crippen molar-refractivity contribution in [2.75, 3.05) is 6.54 Å². The number of para-hydroxylation sites is 1. The number of hydrogen-bond acceptors (Lipinski definition) is 2. The summed E-state index contributed by atoms with van der Waals surface area (Å²) in [6, 6.07) is 8.08. The SMILES string of the molecule is CC(O)CN=Cc1c[nH]c2ccccc12. The molecule has 0 fully saturated rings. The summed E-state index contributed by atoms with van der Waals surface area (Å²) in [6.45, 7) is 2.17. The molecule has 0 spiro atoms. The van der Waals surface area contributed by atoms with E-state index in [1.54, 1.807) is 13.1 Å². The zero-order chi connectivity index (χ0) is 10.7. The van der Waals surface area contributed by atoms with Crippen molar-refractivity contribution in [1.82, 2.24) is 4.98 Å². The standard InChI is InChI=1S/C12H14N2O/c1-9(15)6-13-7-10-8-14-12-5-3-2-4-11(10)12/h2-5,7-9,14-15H,6H2,1H3. The first kappa shape index (κ1) is 9.93. The molecule has 0 bridgehead atoms. The first-order valence-electron chi connectivity index (χ1n) is 5.01. The van der Waals surface area contributed by atoms with Crippen LogP contribution in [0, 0.1) is 0 Å². The maximum atomic E-state index is 9.07. The van der Waals surface area contributed by atoms with Crippen molar-refractivity contribution in [2.45, 2.75) is 13.0 Å². The number of nitrogens with zero attached hydrogens (tertiary/aromatic N) is 1. The van der Waals surface area contributed by atoms with Crippen molar-refractivity contribution in [3.63, 3.8) is 0 Å². The number of fused-ring (bicyclic) bond motifs is 1. The Hall–Kier alpha value is -1.61. The van der Waals surface area contributed by atoms with Crippen LogP contribution in [0.3, 0.4) is 0 Å². The van der Waals surface area contributed by atoms with E-state index >= 15 is 0 Å². The van der Waals surface area contributed by atoms with Crippen molar-refractivity contribution in [3.8, 4) is 0 Å². The fourth-order valence-corrected chi connectivity index (χ4v) is 1.50. The van der Waals surface area contributed by atoms with Gasteiger partial charge in [0.2, 0.25) is 0 Å². The van der Waals surface area contributed by atoms with E-state index in [4.69, 9.17) is 5.11 Å². The molecule has 2 rings (SSSR count). The average Bonchev–Trinajstić information content (AvgIpc) is 2.62. The van der Waals surface area contributed by atoms with Crippen LogP contribution < -0.4 is 0 Å². The predicted octanol–water partition coefficient (Wildman–Crippen LogP) is 1.97. The molecule has 3 heteroatoms. The van der Waals surface area contributed by atoms with E-state index in [-0.39, 0.29) is 6.10 Å². The number of nitrogens with one attached hydrogen (secondary N) is 1. The molecule has 0 aliphatic carbocycles. The summed E-state index contributed by atoms with van der Waals surface area (Å²) in [6.07, 6.45) is 3.34. The van der Waals surface area contributed by atoms with Crippen LogP contribution in [0.1, 0.15) is 12.5 Å². The van der Waals surface area contributed by atoms with Crippen LogP contribution in [-0.4, -0.2) is 29.0 Å². The van der Waals surface area contributed by atoms with Crippen molar-refractivity contribution >= 4 is 17.1 Å². The zero-order valence-electron chi connectivity index (χ0n) is 8.64. The number of rotatable bonds is 3. The largest absolute Gasteiger partial charge is 0.391 e. The van der Waals surface area contributed by atoms with Gasteiger partial charge in [-0.1, -0.05) is 18.2 Å². The van der Waals surface area contributed by atoms with E-state index < -0.39 is 0 Å². The molecule has 0 aliphatic heterocycles. The van der Waals surface area contributed by atoms with Gasteiger partial charge in [-0.25, -0.2) is 0 Å². The lowest BCUT2D eigenvalue weighted by Gasteiger charge is -1.96. The Morgan fingerprint density at radius 1 is 1.47 bits per heavy atom. The van der Waals surface area contributed by atoms with Crippen molar-refractivity contribution < 1.29 is 5.11 Å². The van der Waals surface area contributed by atoms with Gasteiger partial charge >= 0.3 is 0 Å². The number of aromatic nitrogens is 1. The van der Waals surface area contributed by atoms with E-state index in [1.165, 1.54) is 0 Å². The molecule has 2 aromatic rings. The van der Waals surface area contributed by atoms with Gasteiger partial charge in [-0.05, 0) is 13.0 Å². The molecule has 2 N–H and O–H groups in total. The second-order valence-corrected chi connectivity index (χ2v) is 3.63. The Morgan fingerprint density at radius 3 is 3.07 bits per heavy atom. The van der Waals surface area contributed by atoms with Gasteiger partial charge in [0.25, 0.3) is 0 Å². The molecule has 1 aromatic heterocycles. The number of hydrogen-bond donors (Lipinski definition) is 2. The quantitative estimate of drug-likeness (QED) is 0.734. The molecule has 15 heavy (non-hydrogen) atoms. The smallest absolute Gasteiger partial charge is 0.0707 e. The van der Waals surface area contributed by atoms with Gasteiger partial charge in [0.1, 0.15) is 0 Å². The molecule has 0 saturated heterocycles. The van der Waals surface area contributed by atoms with Crippen LogP contribution in [0.2, 0.25) is 0 Å². The van der Waals surface area contributed by atoms with Crippen molar-refractivity contribution in [3.05, 3.63) is 36.0 Å². The van der Waals surface area contributed by atoms with Crippen LogP contribution in [0.5, 0.6) is 0 Å². The number of benzene rings is 1. The molecule has 3 nitrogen and oxygen atoms in total. The molecule has 0 amide bonds. The molecule has 0 aliphatic rings. The average molecular weight is 202 g/mol. The number of aliphatic hydroxyl groups excluding tert-OH is 1. The van der Waals surface area contributed by atoms with E-state index in [2.05, 4.69) is 16.0 Å². The lowest BCUT2D eigenvalue weighted by atomic mass is 10.2. The van der Waals surface area contributed by atoms with Crippen LogP contribution in [0.4, 0.5) is 0 Å². The maximum absolute atomic E-state index is 9.07. The van der Waals surface area contributed by atoms with Gasteiger partial charge in [0.15, 0.2) is 0 Å². The summed E-state index contributed by atoms with van der Waals surface area (Å²) in [7, 11) is 0. The topological polar surface area (TPSA) is 48.4 Å². The molecular weight excluding hydrogens is 188 g/mol. The second kappa shape index (κ2) is 4.28. The lowest BCUT2D eigenvalue weighted by Crippen LogP contribution is -2.03. The van der Waals surface area contributed by atoms with Gasteiger partial charge in [0, 0.05) is 28.9 Å². The highest BCUT2D eigenvalue weighted by Crippen LogP contribution is 2.15.